The number of hydrogen-bond donors (Lipinski definition) is 2. The highest BCUT2D eigenvalue weighted by atomic mass is 32.2. The van der Waals surface area contributed by atoms with Gasteiger partial charge in [-0.15, -0.1) is 0 Å². The zero-order chi connectivity index (χ0) is 15.6. The van der Waals surface area contributed by atoms with Crippen LogP contribution in [0.3, 0.4) is 0 Å². The molecule has 2 N–H and O–H groups in total. The van der Waals surface area contributed by atoms with Crippen LogP contribution in [0.4, 0.5) is 0 Å². The first-order valence-electron chi connectivity index (χ1n) is 6.76. The first-order chi connectivity index (χ1) is 10.1. The zero-order valence-electron chi connectivity index (χ0n) is 12.5. The predicted octanol–water partition coefficient (Wildman–Crippen LogP) is 0.132. The number of ether oxygens (including phenoxy) is 2. The normalized spacial score (nSPS) is 11.7. The molecule has 0 atom stereocenters. The van der Waals surface area contributed by atoms with Crippen LogP contribution in [0.1, 0.15) is 12.0 Å². The van der Waals surface area contributed by atoms with Crippen molar-refractivity contribution in [2.75, 3.05) is 40.5 Å². The molecule has 1 heterocycles. The lowest BCUT2D eigenvalue weighted by Crippen LogP contribution is -2.26. The Labute approximate surface area is 126 Å². The Hall–Kier alpha value is -1.06. The summed E-state index contributed by atoms with van der Waals surface area (Å²) in [5.74, 6) is 0. The second-order valence-corrected chi connectivity index (χ2v) is 6.11. The molecular formula is C13H23N3O4S. The summed E-state index contributed by atoms with van der Waals surface area (Å²) in [6.45, 7) is 2.50. The molecule has 1 aromatic heterocycles. The average molecular weight is 317 g/mol. The van der Waals surface area contributed by atoms with Gasteiger partial charge in [-0.05, 0) is 25.1 Å². The Morgan fingerprint density at radius 1 is 1.24 bits per heavy atom. The molecule has 1 aromatic rings. The van der Waals surface area contributed by atoms with E-state index in [-0.39, 0.29) is 5.03 Å². The molecule has 0 spiro atoms. The molecule has 7 nitrogen and oxygen atoms in total. The van der Waals surface area contributed by atoms with Crippen molar-refractivity contribution in [2.45, 2.75) is 18.0 Å². The van der Waals surface area contributed by atoms with Gasteiger partial charge in [0.05, 0.1) is 13.2 Å². The summed E-state index contributed by atoms with van der Waals surface area (Å²) in [4.78, 5) is 3.97. The number of nitrogens with zero attached hydrogens (tertiary/aromatic N) is 1. The topological polar surface area (TPSA) is 89.6 Å². The molecule has 0 aliphatic carbocycles. The molecule has 120 valence electrons. The van der Waals surface area contributed by atoms with E-state index in [4.69, 9.17) is 9.47 Å². The molecule has 0 radical (unpaired) electrons. The van der Waals surface area contributed by atoms with Gasteiger partial charge in [0.25, 0.3) is 10.0 Å². The van der Waals surface area contributed by atoms with Crippen molar-refractivity contribution in [3.05, 3.63) is 23.9 Å². The third kappa shape index (κ3) is 6.96. The maximum atomic E-state index is 12.0. The molecule has 0 aliphatic rings. The van der Waals surface area contributed by atoms with Gasteiger partial charge in [-0.1, -0.05) is 6.07 Å². The molecule has 0 aliphatic heterocycles. The summed E-state index contributed by atoms with van der Waals surface area (Å²) in [6.07, 6.45) is 2.15. The fraction of sp³-hybridized carbons (Fsp3) is 0.615. The van der Waals surface area contributed by atoms with Crippen LogP contribution < -0.4 is 10.0 Å². The minimum atomic E-state index is -3.55. The van der Waals surface area contributed by atoms with E-state index in [1.807, 2.05) is 7.05 Å². The summed E-state index contributed by atoms with van der Waals surface area (Å²) >= 11 is 0. The minimum Gasteiger partial charge on any atom is -0.382 e. The van der Waals surface area contributed by atoms with Crippen LogP contribution in [-0.4, -0.2) is 53.9 Å². The van der Waals surface area contributed by atoms with E-state index in [0.717, 1.165) is 5.56 Å². The van der Waals surface area contributed by atoms with Gasteiger partial charge in [-0.2, -0.15) is 0 Å². The largest absolute Gasteiger partial charge is 0.382 e. The molecule has 1 rings (SSSR count). The highest BCUT2D eigenvalue weighted by molar-refractivity contribution is 7.89. The summed E-state index contributed by atoms with van der Waals surface area (Å²) in [5.41, 5.74) is 0.933. The molecule has 0 aromatic carbocycles. The van der Waals surface area contributed by atoms with Gasteiger partial charge in [0.15, 0.2) is 5.03 Å². The van der Waals surface area contributed by atoms with Crippen LogP contribution in [0.5, 0.6) is 0 Å². The van der Waals surface area contributed by atoms with E-state index in [2.05, 4.69) is 15.0 Å². The maximum absolute atomic E-state index is 12.0. The maximum Gasteiger partial charge on any atom is 0.258 e. The number of methoxy groups -OCH3 is 1. The molecule has 0 unspecified atom stereocenters. The van der Waals surface area contributed by atoms with Gasteiger partial charge in [0.2, 0.25) is 0 Å². The predicted molar refractivity (Wildman–Crippen MR) is 79.5 cm³/mol. The van der Waals surface area contributed by atoms with E-state index in [0.29, 0.717) is 39.3 Å². The van der Waals surface area contributed by atoms with Crippen molar-refractivity contribution < 1.29 is 17.9 Å². The quantitative estimate of drug-likeness (QED) is 0.564. The van der Waals surface area contributed by atoms with E-state index in [9.17, 15) is 8.42 Å². The zero-order valence-corrected chi connectivity index (χ0v) is 13.3. The summed E-state index contributed by atoms with van der Waals surface area (Å²) in [5, 5.41) is 3.01. The number of hydrogen-bond acceptors (Lipinski definition) is 6. The molecule has 8 heteroatoms. The molecule has 0 bridgehead atoms. The van der Waals surface area contributed by atoms with Crippen molar-refractivity contribution in [3.8, 4) is 0 Å². The lowest BCUT2D eigenvalue weighted by molar-refractivity contribution is 0.0699. The molecule has 0 amide bonds. The third-order valence-electron chi connectivity index (χ3n) is 2.64. The second-order valence-electron chi connectivity index (χ2n) is 4.39. The van der Waals surface area contributed by atoms with Crippen LogP contribution in [0.15, 0.2) is 23.4 Å². The van der Waals surface area contributed by atoms with Crippen LogP contribution in [0.2, 0.25) is 0 Å². The van der Waals surface area contributed by atoms with E-state index in [1.165, 1.54) is 6.07 Å². The number of rotatable bonds is 11. The number of nitrogens with one attached hydrogen (secondary N) is 2. The van der Waals surface area contributed by atoms with Crippen LogP contribution in [0, 0.1) is 0 Å². The molecular weight excluding hydrogens is 294 g/mol. The molecule has 0 saturated heterocycles. The number of aromatic nitrogens is 1. The van der Waals surface area contributed by atoms with Gasteiger partial charge in [-0.3, -0.25) is 0 Å². The number of sulfonamides is 1. The fourth-order valence-corrected chi connectivity index (χ4v) is 2.58. The smallest absolute Gasteiger partial charge is 0.258 e. The van der Waals surface area contributed by atoms with Crippen molar-refractivity contribution in [2.24, 2.45) is 0 Å². The Kier molecular flexibility index (Phi) is 8.40. The van der Waals surface area contributed by atoms with Crippen molar-refractivity contribution in [3.63, 3.8) is 0 Å². The van der Waals surface area contributed by atoms with E-state index < -0.39 is 10.0 Å². The molecule has 0 saturated carbocycles. The fourth-order valence-electron chi connectivity index (χ4n) is 1.58. The summed E-state index contributed by atoms with van der Waals surface area (Å²) < 4.78 is 36.6. The van der Waals surface area contributed by atoms with Gasteiger partial charge in [0.1, 0.15) is 0 Å². The van der Waals surface area contributed by atoms with Crippen molar-refractivity contribution in [1.29, 1.82) is 0 Å². The monoisotopic (exact) mass is 317 g/mol. The van der Waals surface area contributed by atoms with Crippen LogP contribution in [0.25, 0.3) is 0 Å². The first-order valence-corrected chi connectivity index (χ1v) is 8.24. The molecule has 0 fully saturated rings. The minimum absolute atomic E-state index is 0.0302. The third-order valence-corrected chi connectivity index (χ3v) is 4.02. The first kappa shape index (κ1) is 18.0. The lowest BCUT2D eigenvalue weighted by Gasteiger charge is -2.07. The second kappa shape index (κ2) is 9.80. The van der Waals surface area contributed by atoms with Gasteiger partial charge < -0.3 is 14.8 Å². The van der Waals surface area contributed by atoms with Crippen molar-refractivity contribution >= 4 is 10.0 Å². The van der Waals surface area contributed by atoms with Gasteiger partial charge >= 0.3 is 0 Å². The Bertz CT molecular complexity index is 491. The van der Waals surface area contributed by atoms with Gasteiger partial charge in [0, 0.05) is 33.0 Å². The molecule has 21 heavy (non-hydrogen) atoms. The lowest BCUT2D eigenvalue weighted by atomic mass is 10.3. The Morgan fingerprint density at radius 3 is 2.67 bits per heavy atom. The Balaban J connectivity index is 2.35. The SMILES string of the molecule is CNCc1ccc(S(=O)(=O)NCCCOCCOC)nc1. The average Bonchev–Trinajstić information content (AvgIpc) is 2.47. The van der Waals surface area contributed by atoms with E-state index in [1.54, 1.807) is 19.4 Å². The Morgan fingerprint density at radius 2 is 2.05 bits per heavy atom. The summed E-state index contributed by atoms with van der Waals surface area (Å²) in [7, 11) is -0.127. The summed E-state index contributed by atoms with van der Waals surface area (Å²) in [6, 6.07) is 3.25. The highest BCUT2D eigenvalue weighted by Crippen LogP contribution is 2.06. The van der Waals surface area contributed by atoms with Gasteiger partial charge in [-0.25, -0.2) is 18.1 Å². The van der Waals surface area contributed by atoms with E-state index >= 15 is 0 Å². The van der Waals surface area contributed by atoms with Crippen molar-refractivity contribution in [1.82, 2.24) is 15.0 Å². The highest BCUT2D eigenvalue weighted by Gasteiger charge is 2.14. The number of pyridine rings is 1. The standard InChI is InChI=1S/C13H23N3O4S/c1-14-10-12-4-5-13(15-11-12)21(17,18)16-6-3-7-20-9-8-19-2/h4-5,11,14,16H,3,6-10H2,1-2H3. The van der Waals surface area contributed by atoms with Crippen LogP contribution in [-0.2, 0) is 26.0 Å². The van der Waals surface area contributed by atoms with Crippen LogP contribution >= 0.6 is 0 Å².